The highest BCUT2D eigenvalue weighted by Crippen LogP contribution is 2.53. The Bertz CT molecular complexity index is 460. The molecule has 2 aliphatic carbocycles. The smallest absolute Gasteiger partial charge is 0.125 e. The number of fused-ring (bicyclic) bond motifs is 2. The van der Waals surface area contributed by atoms with E-state index in [9.17, 15) is 5.11 Å². The summed E-state index contributed by atoms with van der Waals surface area (Å²) in [5.74, 6) is 2.83. The lowest BCUT2D eigenvalue weighted by Gasteiger charge is -2.28. The van der Waals surface area contributed by atoms with Gasteiger partial charge in [-0.05, 0) is 62.1 Å². The van der Waals surface area contributed by atoms with E-state index in [-0.39, 0.29) is 6.10 Å². The van der Waals surface area contributed by atoms with Crippen molar-refractivity contribution in [2.24, 2.45) is 17.8 Å². The van der Waals surface area contributed by atoms with Crippen molar-refractivity contribution in [2.75, 3.05) is 6.61 Å². The summed E-state index contributed by atoms with van der Waals surface area (Å²) in [5.41, 5.74) is 0.953. The minimum atomic E-state index is -0.380. The van der Waals surface area contributed by atoms with Crippen molar-refractivity contribution >= 4 is 15.9 Å². The van der Waals surface area contributed by atoms with Crippen molar-refractivity contribution in [3.8, 4) is 5.75 Å². The summed E-state index contributed by atoms with van der Waals surface area (Å²) in [6.45, 7) is 2.62. The maximum Gasteiger partial charge on any atom is 0.125 e. The van der Waals surface area contributed by atoms with Crippen LogP contribution in [0.1, 0.15) is 44.3 Å². The number of aliphatic hydroxyl groups excluding tert-OH is 1. The van der Waals surface area contributed by atoms with Gasteiger partial charge in [-0.25, -0.2) is 0 Å². The number of halogens is 1. The maximum absolute atomic E-state index is 10.8. The summed E-state index contributed by atoms with van der Waals surface area (Å²) in [5, 5.41) is 10.8. The predicted molar refractivity (Wildman–Crippen MR) is 79.2 cm³/mol. The number of benzene rings is 1. The zero-order chi connectivity index (χ0) is 13.4. The molecule has 4 atom stereocenters. The van der Waals surface area contributed by atoms with Crippen molar-refractivity contribution < 1.29 is 9.84 Å². The van der Waals surface area contributed by atoms with Crippen LogP contribution >= 0.6 is 15.9 Å². The molecule has 4 unspecified atom stereocenters. The van der Waals surface area contributed by atoms with Crippen LogP contribution in [0.15, 0.2) is 22.7 Å². The van der Waals surface area contributed by atoms with Crippen LogP contribution in [0.3, 0.4) is 0 Å². The minimum Gasteiger partial charge on any atom is -0.493 e. The second-order valence-corrected chi connectivity index (χ2v) is 6.81. The molecule has 0 aliphatic heterocycles. The Hall–Kier alpha value is -0.540. The number of ether oxygens (including phenoxy) is 1. The van der Waals surface area contributed by atoms with E-state index in [1.807, 2.05) is 25.1 Å². The summed E-state index contributed by atoms with van der Waals surface area (Å²) in [6.07, 6.45) is 4.79. The zero-order valence-corrected chi connectivity index (χ0v) is 12.9. The van der Waals surface area contributed by atoms with Gasteiger partial charge in [0.1, 0.15) is 5.75 Å². The molecule has 2 bridgehead atoms. The second kappa shape index (κ2) is 5.45. The van der Waals surface area contributed by atoms with E-state index in [0.717, 1.165) is 21.7 Å². The Morgan fingerprint density at radius 2 is 2.21 bits per heavy atom. The van der Waals surface area contributed by atoms with E-state index in [2.05, 4.69) is 15.9 Å². The summed E-state index contributed by atoms with van der Waals surface area (Å²) >= 11 is 3.50. The van der Waals surface area contributed by atoms with Crippen molar-refractivity contribution in [2.45, 2.75) is 38.7 Å². The SMILES string of the molecule is CCOc1ccc(Br)cc1C(O)C1CC2CCC1C2. The van der Waals surface area contributed by atoms with Gasteiger partial charge in [-0.2, -0.15) is 0 Å². The standard InChI is InChI=1S/C16H21BrO2/c1-2-19-15-6-5-12(17)9-14(15)16(18)13-8-10-3-4-11(13)7-10/h5-6,9-11,13,16,18H,2-4,7-8H2,1H3. The van der Waals surface area contributed by atoms with Crippen LogP contribution in [-0.2, 0) is 0 Å². The molecule has 2 aliphatic rings. The molecule has 3 rings (SSSR count). The largest absolute Gasteiger partial charge is 0.493 e. The molecule has 0 amide bonds. The maximum atomic E-state index is 10.8. The molecular formula is C16H21BrO2. The molecular weight excluding hydrogens is 304 g/mol. The number of hydrogen-bond donors (Lipinski definition) is 1. The molecule has 19 heavy (non-hydrogen) atoms. The molecule has 0 radical (unpaired) electrons. The van der Waals surface area contributed by atoms with Crippen LogP contribution in [0, 0.1) is 17.8 Å². The molecule has 2 fully saturated rings. The van der Waals surface area contributed by atoms with Crippen molar-refractivity contribution in [3.05, 3.63) is 28.2 Å². The molecule has 1 N–H and O–H groups in total. The third kappa shape index (κ3) is 2.55. The topological polar surface area (TPSA) is 29.5 Å². The van der Waals surface area contributed by atoms with Crippen LogP contribution in [0.2, 0.25) is 0 Å². The molecule has 3 heteroatoms. The highest BCUT2D eigenvalue weighted by molar-refractivity contribution is 9.10. The molecule has 104 valence electrons. The van der Waals surface area contributed by atoms with Crippen LogP contribution < -0.4 is 4.74 Å². The average Bonchev–Trinajstić information content (AvgIpc) is 3.02. The van der Waals surface area contributed by atoms with E-state index in [4.69, 9.17) is 4.74 Å². The molecule has 0 saturated heterocycles. The fourth-order valence-corrected chi connectivity index (χ4v) is 4.33. The summed E-state index contributed by atoms with van der Waals surface area (Å²) in [6, 6.07) is 5.95. The van der Waals surface area contributed by atoms with E-state index >= 15 is 0 Å². The van der Waals surface area contributed by atoms with Crippen LogP contribution in [0.25, 0.3) is 0 Å². The Labute approximate surface area is 123 Å². The van der Waals surface area contributed by atoms with Gasteiger partial charge in [0, 0.05) is 10.0 Å². The molecule has 0 aromatic heterocycles. The lowest BCUT2D eigenvalue weighted by Crippen LogP contribution is -2.19. The molecule has 1 aromatic rings. The van der Waals surface area contributed by atoms with E-state index < -0.39 is 0 Å². The zero-order valence-electron chi connectivity index (χ0n) is 11.3. The number of rotatable bonds is 4. The predicted octanol–water partition coefficient (Wildman–Crippen LogP) is 4.32. The Morgan fingerprint density at radius 1 is 1.37 bits per heavy atom. The number of aliphatic hydroxyl groups is 1. The van der Waals surface area contributed by atoms with Crippen molar-refractivity contribution in [1.82, 2.24) is 0 Å². The summed E-state index contributed by atoms with van der Waals surface area (Å²) < 4.78 is 6.68. The normalized spacial score (nSPS) is 30.6. The van der Waals surface area contributed by atoms with Crippen LogP contribution in [0.5, 0.6) is 5.75 Å². The molecule has 1 aromatic carbocycles. The molecule has 2 saturated carbocycles. The lowest BCUT2D eigenvalue weighted by molar-refractivity contribution is 0.0717. The monoisotopic (exact) mass is 324 g/mol. The average molecular weight is 325 g/mol. The first-order chi connectivity index (χ1) is 9.19. The first-order valence-electron chi connectivity index (χ1n) is 7.29. The molecule has 0 spiro atoms. The van der Waals surface area contributed by atoms with Gasteiger partial charge in [0.2, 0.25) is 0 Å². The van der Waals surface area contributed by atoms with Gasteiger partial charge in [-0.1, -0.05) is 22.4 Å². The third-order valence-corrected chi connectivity index (χ3v) is 5.28. The fourth-order valence-electron chi connectivity index (χ4n) is 3.95. The van der Waals surface area contributed by atoms with Gasteiger partial charge in [-0.15, -0.1) is 0 Å². The first kappa shape index (κ1) is 13.4. The third-order valence-electron chi connectivity index (χ3n) is 4.79. The molecule has 2 nitrogen and oxygen atoms in total. The Balaban J connectivity index is 1.86. The van der Waals surface area contributed by atoms with Gasteiger partial charge in [0.25, 0.3) is 0 Å². The number of hydrogen-bond acceptors (Lipinski definition) is 2. The second-order valence-electron chi connectivity index (χ2n) is 5.90. The lowest BCUT2D eigenvalue weighted by atomic mass is 9.82. The minimum absolute atomic E-state index is 0.380. The van der Waals surface area contributed by atoms with E-state index in [1.54, 1.807) is 0 Å². The summed E-state index contributed by atoms with van der Waals surface area (Å²) in [7, 11) is 0. The first-order valence-corrected chi connectivity index (χ1v) is 8.08. The van der Waals surface area contributed by atoms with Crippen molar-refractivity contribution in [3.63, 3.8) is 0 Å². The Kier molecular flexibility index (Phi) is 3.86. The Morgan fingerprint density at radius 3 is 2.84 bits per heavy atom. The fraction of sp³-hybridized carbons (Fsp3) is 0.625. The van der Waals surface area contributed by atoms with Gasteiger partial charge >= 0.3 is 0 Å². The van der Waals surface area contributed by atoms with Gasteiger partial charge in [0.15, 0.2) is 0 Å². The van der Waals surface area contributed by atoms with Crippen LogP contribution in [0.4, 0.5) is 0 Å². The highest BCUT2D eigenvalue weighted by Gasteiger charge is 2.43. The van der Waals surface area contributed by atoms with Crippen molar-refractivity contribution in [1.29, 1.82) is 0 Å². The van der Waals surface area contributed by atoms with E-state index in [1.165, 1.54) is 25.7 Å². The quantitative estimate of drug-likeness (QED) is 0.893. The summed E-state index contributed by atoms with van der Waals surface area (Å²) in [4.78, 5) is 0. The van der Waals surface area contributed by atoms with Gasteiger partial charge < -0.3 is 9.84 Å². The van der Waals surface area contributed by atoms with E-state index in [0.29, 0.717) is 18.4 Å². The molecule has 0 heterocycles. The van der Waals surface area contributed by atoms with Crippen LogP contribution in [-0.4, -0.2) is 11.7 Å². The van der Waals surface area contributed by atoms with Gasteiger partial charge in [-0.3, -0.25) is 0 Å². The highest BCUT2D eigenvalue weighted by atomic mass is 79.9. The van der Waals surface area contributed by atoms with Gasteiger partial charge in [0.05, 0.1) is 12.7 Å².